The van der Waals surface area contributed by atoms with Crippen molar-refractivity contribution >= 4 is 0 Å². The van der Waals surface area contributed by atoms with Crippen LogP contribution < -0.4 is 14.2 Å². The largest absolute Gasteiger partial charge is 0.493 e. The summed E-state index contributed by atoms with van der Waals surface area (Å²) in [6.45, 7) is 6.05. The summed E-state index contributed by atoms with van der Waals surface area (Å²) in [6.07, 6.45) is 10.5. The minimum atomic E-state index is 0.314. The molecule has 2 aliphatic rings. The van der Waals surface area contributed by atoms with Crippen molar-refractivity contribution in [3.63, 3.8) is 0 Å². The second-order valence-corrected chi connectivity index (χ2v) is 6.87. The molecule has 2 heterocycles. The van der Waals surface area contributed by atoms with E-state index in [1.165, 1.54) is 58.0 Å². The summed E-state index contributed by atoms with van der Waals surface area (Å²) in [6, 6.07) is 6.59. The smallest absolute Gasteiger partial charge is 0.231 e. The van der Waals surface area contributed by atoms with Crippen molar-refractivity contribution in [2.24, 2.45) is 0 Å². The van der Waals surface area contributed by atoms with Crippen LogP contribution in [0.5, 0.6) is 17.2 Å². The van der Waals surface area contributed by atoms with Crippen LogP contribution in [0.3, 0.4) is 0 Å². The van der Waals surface area contributed by atoms with Gasteiger partial charge in [0.05, 0.1) is 6.61 Å². The molecule has 0 spiro atoms. The Balaban J connectivity index is 1.29. The van der Waals surface area contributed by atoms with Crippen LogP contribution in [0.1, 0.15) is 58.3 Å². The third-order valence-electron chi connectivity index (χ3n) is 5.17. The van der Waals surface area contributed by atoms with Gasteiger partial charge in [-0.3, -0.25) is 0 Å². The van der Waals surface area contributed by atoms with Crippen LogP contribution in [-0.2, 0) is 0 Å². The number of hydrogen-bond acceptors (Lipinski definition) is 4. The maximum absolute atomic E-state index is 5.84. The first-order valence-electron chi connectivity index (χ1n) is 9.63. The third-order valence-corrected chi connectivity index (χ3v) is 5.17. The molecule has 3 rings (SSSR count). The molecule has 1 aromatic carbocycles. The van der Waals surface area contributed by atoms with Gasteiger partial charge in [0.2, 0.25) is 6.79 Å². The summed E-state index contributed by atoms with van der Waals surface area (Å²) in [7, 11) is 0. The third kappa shape index (κ3) is 4.79. The Morgan fingerprint density at radius 2 is 1.88 bits per heavy atom. The zero-order valence-electron chi connectivity index (χ0n) is 15.0. The van der Waals surface area contributed by atoms with Crippen LogP contribution in [0.25, 0.3) is 0 Å². The molecule has 4 nitrogen and oxygen atoms in total. The molecule has 0 N–H and O–H groups in total. The molecular weight excluding hydrogens is 302 g/mol. The number of piperidine rings is 1. The molecule has 1 fully saturated rings. The second kappa shape index (κ2) is 9.16. The van der Waals surface area contributed by atoms with Crippen molar-refractivity contribution in [1.29, 1.82) is 0 Å². The first kappa shape index (κ1) is 17.4. The van der Waals surface area contributed by atoms with E-state index in [0.29, 0.717) is 6.79 Å². The highest BCUT2D eigenvalue weighted by Gasteiger charge is 2.18. The zero-order chi connectivity index (χ0) is 16.6. The number of hydrogen-bond donors (Lipinski definition) is 0. The lowest BCUT2D eigenvalue weighted by molar-refractivity contribution is 0.148. The van der Waals surface area contributed by atoms with E-state index >= 15 is 0 Å². The van der Waals surface area contributed by atoms with Crippen molar-refractivity contribution in [2.75, 3.05) is 26.5 Å². The number of ether oxygens (including phenoxy) is 3. The molecule has 0 radical (unpaired) electrons. The molecule has 134 valence electrons. The van der Waals surface area contributed by atoms with Gasteiger partial charge < -0.3 is 19.1 Å². The maximum Gasteiger partial charge on any atom is 0.231 e. The fourth-order valence-electron chi connectivity index (χ4n) is 3.74. The van der Waals surface area contributed by atoms with Crippen molar-refractivity contribution < 1.29 is 14.2 Å². The number of benzene rings is 1. The highest BCUT2D eigenvalue weighted by Crippen LogP contribution is 2.35. The average molecular weight is 333 g/mol. The standard InChI is InChI=1S/C20H31NO3/c1-2-17(21-12-6-4-7-13-21)9-5-3-8-14-22-18-10-11-19-20(15-18)24-16-23-19/h10-11,15,17H,2-9,12-14,16H2,1H3. The summed E-state index contributed by atoms with van der Waals surface area (Å²) in [5, 5.41) is 0. The Kier molecular flexibility index (Phi) is 6.65. The molecule has 1 aromatic rings. The van der Waals surface area contributed by atoms with Gasteiger partial charge in [0, 0.05) is 12.1 Å². The molecule has 24 heavy (non-hydrogen) atoms. The fourth-order valence-corrected chi connectivity index (χ4v) is 3.74. The molecule has 0 amide bonds. The molecular formula is C20H31NO3. The van der Waals surface area contributed by atoms with Gasteiger partial charge in [0.1, 0.15) is 5.75 Å². The quantitative estimate of drug-likeness (QED) is 0.617. The number of nitrogens with zero attached hydrogens (tertiary/aromatic N) is 1. The molecule has 0 bridgehead atoms. The molecule has 1 unspecified atom stereocenters. The van der Waals surface area contributed by atoms with Crippen molar-refractivity contribution in [3.05, 3.63) is 18.2 Å². The number of likely N-dealkylation sites (tertiary alicyclic amines) is 1. The van der Waals surface area contributed by atoms with Gasteiger partial charge in [-0.1, -0.05) is 26.2 Å². The predicted molar refractivity (Wildman–Crippen MR) is 96.0 cm³/mol. The lowest BCUT2D eigenvalue weighted by Gasteiger charge is -2.34. The van der Waals surface area contributed by atoms with Crippen molar-refractivity contribution in [2.45, 2.75) is 64.3 Å². The van der Waals surface area contributed by atoms with Crippen LogP contribution in [0.2, 0.25) is 0 Å². The van der Waals surface area contributed by atoms with Crippen molar-refractivity contribution in [1.82, 2.24) is 4.90 Å². The summed E-state index contributed by atoms with van der Waals surface area (Å²) < 4.78 is 16.5. The summed E-state index contributed by atoms with van der Waals surface area (Å²) in [5.41, 5.74) is 0. The van der Waals surface area contributed by atoms with E-state index in [1.54, 1.807) is 0 Å². The minimum absolute atomic E-state index is 0.314. The SMILES string of the molecule is CCC(CCCCCOc1ccc2c(c1)OCO2)N1CCCCC1. The Morgan fingerprint density at radius 1 is 1.04 bits per heavy atom. The van der Waals surface area contributed by atoms with E-state index in [-0.39, 0.29) is 0 Å². The van der Waals surface area contributed by atoms with Gasteiger partial charge in [0.15, 0.2) is 11.5 Å². The van der Waals surface area contributed by atoms with Crippen LogP contribution in [0, 0.1) is 0 Å². The summed E-state index contributed by atoms with van der Waals surface area (Å²) in [5.74, 6) is 2.48. The van der Waals surface area contributed by atoms with Crippen LogP contribution >= 0.6 is 0 Å². The van der Waals surface area contributed by atoms with Gasteiger partial charge >= 0.3 is 0 Å². The molecule has 1 saturated heterocycles. The van der Waals surface area contributed by atoms with Gasteiger partial charge in [-0.2, -0.15) is 0 Å². The number of fused-ring (bicyclic) bond motifs is 1. The van der Waals surface area contributed by atoms with E-state index in [4.69, 9.17) is 14.2 Å². The number of unbranched alkanes of at least 4 members (excludes halogenated alkanes) is 2. The van der Waals surface area contributed by atoms with Crippen LogP contribution in [0.4, 0.5) is 0 Å². The average Bonchev–Trinajstić information content (AvgIpc) is 3.09. The lowest BCUT2D eigenvalue weighted by atomic mass is 10.0. The molecule has 2 aliphatic heterocycles. The molecule has 0 saturated carbocycles. The van der Waals surface area contributed by atoms with E-state index in [1.807, 2.05) is 18.2 Å². The van der Waals surface area contributed by atoms with Crippen LogP contribution in [-0.4, -0.2) is 37.4 Å². The Labute approximate surface area is 146 Å². The first-order chi connectivity index (χ1) is 11.9. The maximum atomic E-state index is 5.84. The Hall–Kier alpha value is -1.42. The van der Waals surface area contributed by atoms with Gasteiger partial charge in [-0.05, 0) is 57.3 Å². The van der Waals surface area contributed by atoms with Gasteiger partial charge in [-0.15, -0.1) is 0 Å². The second-order valence-electron chi connectivity index (χ2n) is 6.87. The van der Waals surface area contributed by atoms with Crippen molar-refractivity contribution in [3.8, 4) is 17.2 Å². The number of rotatable bonds is 9. The lowest BCUT2D eigenvalue weighted by Crippen LogP contribution is -2.38. The minimum Gasteiger partial charge on any atom is -0.493 e. The van der Waals surface area contributed by atoms with E-state index < -0.39 is 0 Å². The summed E-state index contributed by atoms with van der Waals surface area (Å²) in [4.78, 5) is 2.71. The topological polar surface area (TPSA) is 30.9 Å². The monoisotopic (exact) mass is 333 g/mol. The first-order valence-corrected chi connectivity index (χ1v) is 9.63. The van der Waals surface area contributed by atoms with Gasteiger partial charge in [-0.25, -0.2) is 0 Å². The van der Waals surface area contributed by atoms with E-state index in [2.05, 4.69) is 11.8 Å². The molecule has 4 heteroatoms. The zero-order valence-corrected chi connectivity index (χ0v) is 15.0. The Bertz CT molecular complexity index is 500. The highest BCUT2D eigenvalue weighted by molar-refractivity contribution is 5.46. The van der Waals surface area contributed by atoms with E-state index in [9.17, 15) is 0 Å². The van der Waals surface area contributed by atoms with Gasteiger partial charge in [0.25, 0.3) is 0 Å². The normalized spacial score (nSPS) is 18.5. The predicted octanol–water partition coefficient (Wildman–Crippen LogP) is 4.62. The molecule has 1 atom stereocenters. The van der Waals surface area contributed by atoms with Crippen LogP contribution in [0.15, 0.2) is 18.2 Å². The highest BCUT2D eigenvalue weighted by atomic mass is 16.7. The fraction of sp³-hybridized carbons (Fsp3) is 0.700. The summed E-state index contributed by atoms with van der Waals surface area (Å²) >= 11 is 0. The molecule has 0 aromatic heterocycles. The Morgan fingerprint density at radius 3 is 2.71 bits per heavy atom. The van der Waals surface area contributed by atoms with E-state index in [0.717, 1.165) is 36.3 Å². The molecule has 0 aliphatic carbocycles.